The van der Waals surface area contributed by atoms with Gasteiger partial charge in [-0.2, -0.15) is 0 Å². The molecule has 0 aliphatic carbocycles. The highest BCUT2D eigenvalue weighted by atomic mass is 32.2. The van der Waals surface area contributed by atoms with Gasteiger partial charge in [-0.3, -0.25) is 19.1 Å². The summed E-state index contributed by atoms with van der Waals surface area (Å²) < 4.78 is 1.97. The Hall–Kier alpha value is -2.86. The van der Waals surface area contributed by atoms with Crippen molar-refractivity contribution in [2.45, 2.75) is 19.0 Å². The number of hydrogen-bond acceptors (Lipinski definition) is 4. The van der Waals surface area contributed by atoms with E-state index in [1.54, 1.807) is 30.5 Å². The Morgan fingerprint density at radius 3 is 2.31 bits per heavy atom. The minimum absolute atomic E-state index is 0.230. The van der Waals surface area contributed by atoms with Crippen molar-refractivity contribution in [2.75, 3.05) is 5.88 Å². The average molecular weight is 363 g/mol. The highest BCUT2D eigenvalue weighted by Gasteiger charge is 2.35. The molecule has 0 spiro atoms. The van der Waals surface area contributed by atoms with E-state index in [1.165, 1.54) is 27.8 Å². The maximum atomic E-state index is 12.5. The van der Waals surface area contributed by atoms with Gasteiger partial charge in [0, 0.05) is 18.1 Å². The van der Waals surface area contributed by atoms with Crippen molar-refractivity contribution in [3.05, 3.63) is 77.1 Å². The molecule has 0 atom stereocenters. The fourth-order valence-corrected chi connectivity index (χ4v) is 3.87. The van der Waals surface area contributed by atoms with Crippen LogP contribution in [0.15, 0.2) is 60.0 Å². The monoisotopic (exact) mass is 363 g/mol. The maximum absolute atomic E-state index is 12.5. The Labute approximate surface area is 155 Å². The largest absolute Gasteiger partial charge is 0.295 e. The quantitative estimate of drug-likeness (QED) is 0.522. The summed E-state index contributed by atoms with van der Waals surface area (Å²) in [6, 6.07) is 13.1. The van der Waals surface area contributed by atoms with Crippen LogP contribution in [0.3, 0.4) is 0 Å². The number of hydrogen-bond donors (Lipinski definition) is 0. The molecule has 1 aliphatic heterocycles. The second kappa shape index (κ2) is 6.46. The summed E-state index contributed by atoms with van der Waals surface area (Å²) in [6.07, 6.45) is 3.61. The van der Waals surface area contributed by atoms with Gasteiger partial charge >= 0.3 is 0 Å². The molecule has 6 heteroatoms. The Bertz CT molecular complexity index is 990. The molecule has 0 bridgehead atoms. The summed E-state index contributed by atoms with van der Waals surface area (Å²) in [5.41, 5.74) is 4.38. The third kappa shape index (κ3) is 2.72. The van der Waals surface area contributed by atoms with Gasteiger partial charge in [0.25, 0.3) is 11.8 Å². The van der Waals surface area contributed by atoms with Crippen LogP contribution in [-0.2, 0) is 0 Å². The minimum Gasteiger partial charge on any atom is -0.295 e. The van der Waals surface area contributed by atoms with Crippen LogP contribution in [0.5, 0.6) is 0 Å². The van der Waals surface area contributed by atoms with Crippen molar-refractivity contribution in [1.82, 2.24) is 14.5 Å². The first-order valence-corrected chi connectivity index (χ1v) is 9.24. The molecule has 4 rings (SSSR count). The van der Waals surface area contributed by atoms with Gasteiger partial charge in [-0.15, -0.1) is 0 Å². The molecule has 2 amide bonds. The Morgan fingerprint density at radius 1 is 0.962 bits per heavy atom. The van der Waals surface area contributed by atoms with Gasteiger partial charge < -0.3 is 0 Å². The van der Waals surface area contributed by atoms with Crippen molar-refractivity contribution in [3.63, 3.8) is 0 Å². The zero-order valence-electron chi connectivity index (χ0n) is 14.5. The van der Waals surface area contributed by atoms with E-state index < -0.39 is 0 Å². The van der Waals surface area contributed by atoms with Gasteiger partial charge in [-0.1, -0.05) is 30.0 Å². The first-order chi connectivity index (χ1) is 12.6. The lowest BCUT2D eigenvalue weighted by molar-refractivity contribution is 0.0684. The number of imide groups is 1. The lowest BCUT2D eigenvalue weighted by Gasteiger charge is -2.14. The number of aromatic nitrogens is 2. The second-order valence-corrected chi connectivity index (χ2v) is 7.12. The zero-order valence-corrected chi connectivity index (χ0v) is 15.3. The molecular weight excluding hydrogens is 346 g/mol. The fraction of sp³-hybridized carbons (Fsp3) is 0.150. The summed E-state index contributed by atoms with van der Waals surface area (Å²) in [4.78, 5) is 30.6. The number of carbonyl (C=O) groups is 2. The topological polar surface area (TPSA) is 55.2 Å². The Balaban J connectivity index is 1.55. The lowest BCUT2D eigenvalue weighted by atomic mass is 10.1. The van der Waals surface area contributed by atoms with E-state index in [1.807, 2.05) is 16.8 Å². The summed E-state index contributed by atoms with van der Waals surface area (Å²) in [5.74, 6) is -0.265. The molecule has 0 fully saturated rings. The number of imidazole rings is 1. The van der Waals surface area contributed by atoms with Crippen LogP contribution in [-0.4, -0.2) is 32.1 Å². The molecule has 1 aliphatic rings. The number of benzene rings is 2. The predicted octanol–water partition coefficient (Wildman–Crippen LogP) is 3.83. The SMILES string of the molecule is Cc1ccc(-n2ccnc2SCN2C(=O)c3ccccc3C2=O)cc1C. The smallest absolute Gasteiger partial charge is 0.262 e. The molecule has 3 aromatic rings. The van der Waals surface area contributed by atoms with Crippen LogP contribution < -0.4 is 0 Å². The average Bonchev–Trinajstić information content (AvgIpc) is 3.20. The van der Waals surface area contributed by atoms with E-state index in [0.29, 0.717) is 11.1 Å². The summed E-state index contributed by atoms with van der Waals surface area (Å²) in [6.45, 7) is 4.15. The summed E-state index contributed by atoms with van der Waals surface area (Å²) in [5, 5.41) is 0.741. The van der Waals surface area contributed by atoms with E-state index in [4.69, 9.17) is 0 Å². The van der Waals surface area contributed by atoms with Gasteiger partial charge in [0.1, 0.15) is 0 Å². The lowest BCUT2D eigenvalue weighted by Crippen LogP contribution is -2.29. The molecule has 0 saturated heterocycles. The first-order valence-electron chi connectivity index (χ1n) is 8.25. The third-order valence-electron chi connectivity index (χ3n) is 4.58. The maximum Gasteiger partial charge on any atom is 0.262 e. The standard InChI is InChI=1S/C20H17N3O2S/c1-13-7-8-15(11-14(13)2)22-10-9-21-20(22)26-12-23-18(24)16-5-3-4-6-17(16)19(23)25/h3-11H,12H2,1-2H3. The third-order valence-corrected chi connectivity index (χ3v) is 5.52. The van der Waals surface area contributed by atoms with Crippen molar-refractivity contribution >= 4 is 23.6 Å². The number of amides is 2. The number of rotatable bonds is 4. The van der Waals surface area contributed by atoms with E-state index in [0.717, 1.165) is 10.8 Å². The van der Waals surface area contributed by atoms with Crippen LogP contribution in [0.4, 0.5) is 0 Å². The highest BCUT2D eigenvalue weighted by molar-refractivity contribution is 7.99. The molecule has 0 radical (unpaired) electrons. The molecule has 0 saturated carbocycles. The predicted molar refractivity (Wildman–Crippen MR) is 101 cm³/mol. The number of fused-ring (bicyclic) bond motifs is 1. The number of nitrogens with zero attached hydrogens (tertiary/aromatic N) is 3. The summed E-state index contributed by atoms with van der Waals surface area (Å²) >= 11 is 1.37. The van der Waals surface area contributed by atoms with E-state index in [-0.39, 0.29) is 17.7 Å². The van der Waals surface area contributed by atoms with E-state index in [2.05, 4.69) is 31.0 Å². The van der Waals surface area contributed by atoms with Crippen LogP contribution in [0.25, 0.3) is 5.69 Å². The van der Waals surface area contributed by atoms with E-state index in [9.17, 15) is 9.59 Å². The minimum atomic E-state index is -0.248. The molecule has 26 heavy (non-hydrogen) atoms. The first kappa shape index (κ1) is 16.6. The summed E-state index contributed by atoms with van der Waals surface area (Å²) in [7, 11) is 0. The normalized spacial score (nSPS) is 13.4. The number of carbonyl (C=O) groups excluding carboxylic acids is 2. The van der Waals surface area contributed by atoms with Gasteiger partial charge in [0.15, 0.2) is 5.16 Å². The number of aryl methyl sites for hydroxylation is 2. The van der Waals surface area contributed by atoms with Crippen LogP contribution in [0.1, 0.15) is 31.8 Å². The molecule has 1 aromatic heterocycles. The molecule has 5 nitrogen and oxygen atoms in total. The molecule has 130 valence electrons. The Kier molecular flexibility index (Phi) is 4.12. The Morgan fingerprint density at radius 2 is 1.65 bits per heavy atom. The van der Waals surface area contributed by atoms with Crippen molar-refractivity contribution in [2.24, 2.45) is 0 Å². The van der Waals surface area contributed by atoms with Crippen molar-refractivity contribution in [3.8, 4) is 5.69 Å². The molecule has 2 aromatic carbocycles. The number of thioether (sulfide) groups is 1. The van der Waals surface area contributed by atoms with Gasteiger partial charge in [-0.25, -0.2) is 4.98 Å². The zero-order chi connectivity index (χ0) is 18.3. The van der Waals surface area contributed by atoms with Crippen LogP contribution in [0, 0.1) is 13.8 Å². The van der Waals surface area contributed by atoms with Gasteiger partial charge in [0.05, 0.1) is 17.0 Å². The van der Waals surface area contributed by atoms with Crippen molar-refractivity contribution < 1.29 is 9.59 Å². The van der Waals surface area contributed by atoms with Crippen LogP contribution in [0.2, 0.25) is 0 Å². The highest BCUT2D eigenvalue weighted by Crippen LogP contribution is 2.28. The molecule has 0 N–H and O–H groups in total. The van der Waals surface area contributed by atoms with E-state index >= 15 is 0 Å². The molecular formula is C20H17N3O2S. The molecule has 2 heterocycles. The van der Waals surface area contributed by atoms with Gasteiger partial charge in [0.2, 0.25) is 0 Å². The van der Waals surface area contributed by atoms with Crippen molar-refractivity contribution in [1.29, 1.82) is 0 Å². The second-order valence-electron chi connectivity index (χ2n) is 6.21. The van der Waals surface area contributed by atoms with Crippen LogP contribution >= 0.6 is 11.8 Å². The fourth-order valence-electron chi connectivity index (χ4n) is 2.95. The van der Waals surface area contributed by atoms with Gasteiger partial charge in [-0.05, 0) is 49.2 Å². The molecule has 0 unspecified atom stereocenters.